The van der Waals surface area contributed by atoms with Crippen molar-refractivity contribution in [3.05, 3.63) is 158 Å². The molecule has 78 heavy (non-hydrogen) atoms. The molecule has 0 fully saturated rings. The number of allylic oxidation sites excluding steroid dienone is 26. The highest BCUT2D eigenvalue weighted by Crippen LogP contribution is 2.16. The van der Waals surface area contributed by atoms with Gasteiger partial charge >= 0.3 is 11.9 Å². The van der Waals surface area contributed by atoms with E-state index in [0.717, 1.165) is 135 Å². The first-order valence-corrected chi connectivity index (χ1v) is 32.0. The third-order valence-electron chi connectivity index (χ3n) is 13.3. The smallest absolute Gasteiger partial charge is 0.306 e. The Kier molecular flexibility index (Phi) is 63.0. The molecule has 0 heterocycles. The van der Waals surface area contributed by atoms with E-state index in [1.807, 2.05) is 0 Å². The van der Waals surface area contributed by atoms with Crippen molar-refractivity contribution in [1.29, 1.82) is 0 Å². The second-order valence-electron chi connectivity index (χ2n) is 20.7. The molecule has 5 nitrogen and oxygen atoms in total. The van der Waals surface area contributed by atoms with E-state index in [1.54, 1.807) is 0 Å². The average molecular weight is 1080 g/mol. The van der Waals surface area contributed by atoms with E-state index in [2.05, 4.69) is 172 Å². The van der Waals surface area contributed by atoms with E-state index in [4.69, 9.17) is 9.47 Å². The number of hydrogen-bond acceptors (Lipinski definition) is 5. The molecule has 0 aromatic heterocycles. The molecule has 5 heteroatoms. The van der Waals surface area contributed by atoms with Crippen molar-refractivity contribution >= 4 is 11.9 Å². The number of aliphatic hydroxyl groups is 1. The lowest BCUT2D eigenvalue weighted by atomic mass is 10.0. The summed E-state index contributed by atoms with van der Waals surface area (Å²) in [5.74, 6) is -0.623. The number of unbranched alkanes of at least 4 members (excludes halogenated alkanes) is 23. The Hall–Kier alpha value is -4.48. The fourth-order valence-corrected chi connectivity index (χ4v) is 8.60. The van der Waals surface area contributed by atoms with Crippen molar-refractivity contribution in [3.63, 3.8) is 0 Å². The molecule has 1 N–H and O–H groups in total. The average Bonchev–Trinajstić information content (AvgIpc) is 3.44. The zero-order valence-corrected chi connectivity index (χ0v) is 50.4. The molecule has 0 rings (SSSR count). The van der Waals surface area contributed by atoms with Gasteiger partial charge in [-0.1, -0.05) is 294 Å². The molecule has 440 valence electrons. The van der Waals surface area contributed by atoms with Crippen molar-refractivity contribution in [2.45, 2.75) is 277 Å². The number of hydrogen-bond donors (Lipinski definition) is 1. The summed E-state index contributed by atoms with van der Waals surface area (Å²) in [4.78, 5) is 24.6. The van der Waals surface area contributed by atoms with Crippen LogP contribution in [0.4, 0.5) is 0 Å². The Morgan fingerprint density at radius 1 is 0.295 bits per heavy atom. The maximum atomic E-state index is 12.3. The molecule has 0 spiro atoms. The van der Waals surface area contributed by atoms with E-state index in [-0.39, 0.29) is 25.2 Å². The van der Waals surface area contributed by atoms with Gasteiger partial charge in [-0.3, -0.25) is 9.59 Å². The van der Waals surface area contributed by atoms with Crippen LogP contribution in [0.15, 0.2) is 158 Å². The summed E-state index contributed by atoms with van der Waals surface area (Å²) < 4.78 is 10.7. The molecule has 0 radical (unpaired) electrons. The van der Waals surface area contributed by atoms with Crippen LogP contribution < -0.4 is 0 Å². The highest BCUT2D eigenvalue weighted by atomic mass is 16.6. The Morgan fingerprint density at radius 3 is 0.769 bits per heavy atom. The highest BCUT2D eigenvalue weighted by molar-refractivity contribution is 5.70. The van der Waals surface area contributed by atoms with Gasteiger partial charge in [0, 0.05) is 12.8 Å². The largest absolute Gasteiger partial charge is 0.462 e. The van der Waals surface area contributed by atoms with E-state index in [1.165, 1.54) is 109 Å². The second kappa shape index (κ2) is 66.8. The van der Waals surface area contributed by atoms with Crippen molar-refractivity contribution in [2.24, 2.45) is 0 Å². The molecule has 0 aromatic carbocycles. The van der Waals surface area contributed by atoms with E-state index >= 15 is 0 Å². The van der Waals surface area contributed by atoms with Crippen molar-refractivity contribution in [1.82, 2.24) is 0 Å². The maximum Gasteiger partial charge on any atom is 0.306 e. The first-order chi connectivity index (χ1) is 38.6. The molecule has 1 atom stereocenters. The highest BCUT2D eigenvalue weighted by Gasteiger charge is 2.16. The Labute approximate surface area is 481 Å². The van der Waals surface area contributed by atoms with Crippen molar-refractivity contribution in [2.75, 3.05) is 13.2 Å². The van der Waals surface area contributed by atoms with Crippen LogP contribution in [-0.2, 0) is 19.1 Å². The van der Waals surface area contributed by atoms with Gasteiger partial charge in [-0.15, -0.1) is 0 Å². The Morgan fingerprint density at radius 2 is 0.513 bits per heavy atom. The van der Waals surface area contributed by atoms with E-state index in [0.29, 0.717) is 12.8 Å². The van der Waals surface area contributed by atoms with Gasteiger partial charge in [-0.05, 0) is 122 Å². The summed E-state index contributed by atoms with van der Waals surface area (Å²) >= 11 is 0. The summed E-state index contributed by atoms with van der Waals surface area (Å²) in [6.45, 7) is 3.90. The van der Waals surface area contributed by atoms with Gasteiger partial charge in [0.05, 0.1) is 6.61 Å². The zero-order chi connectivity index (χ0) is 56.2. The molecule has 0 saturated carbocycles. The van der Waals surface area contributed by atoms with Gasteiger partial charge in [0.25, 0.3) is 0 Å². The minimum absolute atomic E-state index is 0.0839. The van der Waals surface area contributed by atoms with Gasteiger partial charge in [-0.2, -0.15) is 0 Å². The lowest BCUT2D eigenvalue weighted by Crippen LogP contribution is -2.28. The zero-order valence-electron chi connectivity index (χ0n) is 50.4. The predicted octanol–water partition coefficient (Wildman–Crippen LogP) is 22.3. The van der Waals surface area contributed by atoms with Gasteiger partial charge < -0.3 is 14.6 Å². The molecule has 0 aliphatic carbocycles. The Balaban J connectivity index is 3.55. The topological polar surface area (TPSA) is 72.8 Å². The Bertz CT molecular complexity index is 1690. The quantitative estimate of drug-likeness (QED) is 0.0373. The van der Waals surface area contributed by atoms with Crippen LogP contribution in [-0.4, -0.2) is 36.4 Å². The lowest BCUT2D eigenvalue weighted by Gasteiger charge is -2.15. The van der Waals surface area contributed by atoms with Crippen molar-refractivity contribution < 1.29 is 24.2 Å². The molecule has 0 amide bonds. The molecule has 0 aliphatic rings. The minimum Gasteiger partial charge on any atom is -0.462 e. The first kappa shape index (κ1) is 73.5. The summed E-state index contributed by atoms with van der Waals surface area (Å²) in [6, 6.07) is 0. The molecular formula is C73H118O5. The van der Waals surface area contributed by atoms with Crippen LogP contribution in [0.2, 0.25) is 0 Å². The van der Waals surface area contributed by atoms with Gasteiger partial charge in [0.1, 0.15) is 6.61 Å². The van der Waals surface area contributed by atoms with Crippen molar-refractivity contribution in [3.8, 4) is 0 Å². The summed E-state index contributed by atoms with van der Waals surface area (Å²) in [6.07, 6.45) is 102. The lowest BCUT2D eigenvalue weighted by molar-refractivity contribution is -0.161. The SMILES string of the molecule is CC/C=C\C/C=C\C/C=C\C/C=C\C/C=C\C/C=C\C/C=C\C/C=C\CCCCCCC(=O)OC(CO)COC(=O)CCCCCCCCCCCCCCCCCCCCC/C=C\C/C=C\C/C=C\C/C=C\C/C=C\CC. The van der Waals surface area contributed by atoms with Gasteiger partial charge in [-0.25, -0.2) is 0 Å². The standard InChI is InChI=1S/C73H118O5/c1-3-5-7-9-11-13-15-17-19-21-23-25-27-29-31-33-34-35-36-37-38-40-41-43-45-47-49-51-53-55-57-59-61-63-65-67-72(75)77-70-71(69-74)78-73(76)68-66-64-62-60-58-56-54-52-50-48-46-44-42-39-32-30-28-26-24-22-20-18-16-14-12-10-8-6-4-2/h5-8,11-14,17-20,23-26,29-32,42,44,48,50,54,56,71,74H,3-4,9-10,15-16,21-22,27-28,33-41,43,45-47,49,51-53,55,57-70H2,1-2H3/b7-5-,8-6-,13-11-,14-12-,19-17-,20-18-,25-23-,26-24-,31-29-,32-30-,44-42-,50-48-,56-54-. The van der Waals surface area contributed by atoms with Crippen LogP contribution in [0.25, 0.3) is 0 Å². The number of esters is 2. The first-order valence-electron chi connectivity index (χ1n) is 32.0. The molecule has 0 bridgehead atoms. The fraction of sp³-hybridized carbons (Fsp3) is 0.616. The monoisotopic (exact) mass is 1070 g/mol. The number of carbonyl (C=O) groups is 2. The molecule has 0 saturated heterocycles. The van der Waals surface area contributed by atoms with Crippen LogP contribution >= 0.6 is 0 Å². The maximum absolute atomic E-state index is 12.3. The predicted molar refractivity (Wildman–Crippen MR) is 343 cm³/mol. The number of rotatable bonds is 57. The molecule has 0 aliphatic heterocycles. The number of aliphatic hydroxyl groups excluding tert-OH is 1. The molecule has 0 aromatic rings. The van der Waals surface area contributed by atoms with Crippen LogP contribution in [0, 0.1) is 0 Å². The minimum atomic E-state index is -0.797. The van der Waals surface area contributed by atoms with E-state index in [9.17, 15) is 14.7 Å². The summed E-state index contributed by atoms with van der Waals surface area (Å²) in [5, 5.41) is 9.68. The van der Waals surface area contributed by atoms with Crippen LogP contribution in [0.5, 0.6) is 0 Å². The van der Waals surface area contributed by atoms with Crippen LogP contribution in [0.3, 0.4) is 0 Å². The van der Waals surface area contributed by atoms with Crippen LogP contribution in [0.1, 0.15) is 271 Å². The summed E-state index contributed by atoms with van der Waals surface area (Å²) in [5.41, 5.74) is 0. The second-order valence-corrected chi connectivity index (χ2v) is 20.7. The third-order valence-corrected chi connectivity index (χ3v) is 13.3. The van der Waals surface area contributed by atoms with Gasteiger partial charge in [0.15, 0.2) is 6.10 Å². The van der Waals surface area contributed by atoms with Gasteiger partial charge in [0.2, 0.25) is 0 Å². The van der Waals surface area contributed by atoms with E-state index < -0.39 is 6.10 Å². The number of carbonyl (C=O) groups excluding carboxylic acids is 2. The molecule has 1 unspecified atom stereocenters. The fourth-order valence-electron chi connectivity index (χ4n) is 8.60. The summed E-state index contributed by atoms with van der Waals surface area (Å²) in [7, 11) is 0. The normalized spacial score (nSPS) is 13.3. The molecular weight excluding hydrogens is 957 g/mol. The number of ether oxygens (including phenoxy) is 2. The third kappa shape index (κ3) is 64.0.